The summed E-state index contributed by atoms with van der Waals surface area (Å²) in [7, 11) is 3.29. The van der Waals surface area contributed by atoms with E-state index in [2.05, 4.69) is 18.2 Å². The second-order valence-corrected chi connectivity index (χ2v) is 4.99. The molecule has 0 amide bonds. The van der Waals surface area contributed by atoms with Gasteiger partial charge in [-0.1, -0.05) is 18.2 Å². The number of benzene rings is 1. The van der Waals surface area contributed by atoms with Crippen molar-refractivity contribution >= 4 is 0 Å². The van der Waals surface area contributed by atoms with Crippen LogP contribution in [0.4, 0.5) is 0 Å². The smallest absolute Gasteiger partial charge is 0.161 e. The van der Waals surface area contributed by atoms with Crippen LogP contribution < -0.4 is 9.47 Å². The fourth-order valence-electron chi connectivity index (χ4n) is 2.87. The lowest BCUT2D eigenvalue weighted by molar-refractivity contribution is 0.246. The van der Waals surface area contributed by atoms with E-state index in [0.717, 1.165) is 37.2 Å². The molecule has 0 bridgehead atoms. The number of methoxy groups -OCH3 is 2. The maximum absolute atomic E-state index is 9.38. The second-order valence-electron chi connectivity index (χ2n) is 4.99. The number of allylic oxidation sites excluding steroid dienone is 2. The van der Waals surface area contributed by atoms with Gasteiger partial charge in [0.2, 0.25) is 0 Å². The molecule has 0 spiro atoms. The van der Waals surface area contributed by atoms with Crippen molar-refractivity contribution in [3.05, 3.63) is 35.9 Å². The van der Waals surface area contributed by atoms with E-state index in [1.54, 1.807) is 14.2 Å². The van der Waals surface area contributed by atoms with E-state index in [4.69, 9.17) is 9.47 Å². The Balaban J connectivity index is 2.42. The van der Waals surface area contributed by atoms with Gasteiger partial charge in [-0.25, -0.2) is 0 Å². The van der Waals surface area contributed by atoms with Crippen molar-refractivity contribution < 1.29 is 14.6 Å². The van der Waals surface area contributed by atoms with Crippen molar-refractivity contribution in [3.8, 4) is 11.5 Å². The van der Waals surface area contributed by atoms with E-state index < -0.39 is 0 Å². The molecule has 3 heteroatoms. The molecule has 1 aliphatic rings. The summed E-state index contributed by atoms with van der Waals surface area (Å²) < 4.78 is 10.7. The van der Waals surface area contributed by atoms with E-state index in [1.807, 2.05) is 12.1 Å². The lowest BCUT2D eigenvalue weighted by Crippen LogP contribution is -2.27. The molecule has 1 atom stereocenters. The minimum Gasteiger partial charge on any atom is -0.493 e. The van der Waals surface area contributed by atoms with Crippen LogP contribution in [0.15, 0.2) is 30.4 Å². The van der Waals surface area contributed by atoms with Gasteiger partial charge in [0.1, 0.15) is 0 Å². The molecule has 1 aromatic carbocycles. The fraction of sp³-hybridized carbons (Fsp3) is 0.500. The zero-order chi connectivity index (χ0) is 13.7. The predicted molar refractivity (Wildman–Crippen MR) is 75.9 cm³/mol. The van der Waals surface area contributed by atoms with Crippen LogP contribution in [0.25, 0.3) is 0 Å². The molecule has 104 valence electrons. The minimum atomic E-state index is -0.0629. The van der Waals surface area contributed by atoms with Gasteiger partial charge in [0, 0.05) is 12.0 Å². The van der Waals surface area contributed by atoms with Crippen LogP contribution >= 0.6 is 0 Å². The quantitative estimate of drug-likeness (QED) is 0.829. The van der Waals surface area contributed by atoms with Gasteiger partial charge in [0.15, 0.2) is 11.5 Å². The maximum Gasteiger partial charge on any atom is 0.161 e. The first-order valence-electron chi connectivity index (χ1n) is 6.77. The van der Waals surface area contributed by atoms with E-state index in [9.17, 15) is 5.11 Å². The van der Waals surface area contributed by atoms with Gasteiger partial charge in [-0.3, -0.25) is 0 Å². The highest BCUT2D eigenvalue weighted by Gasteiger charge is 2.30. The number of hydrogen-bond donors (Lipinski definition) is 1. The Bertz CT molecular complexity index is 453. The highest BCUT2D eigenvalue weighted by Crippen LogP contribution is 2.41. The fourth-order valence-corrected chi connectivity index (χ4v) is 2.87. The van der Waals surface area contributed by atoms with Gasteiger partial charge in [0.25, 0.3) is 0 Å². The minimum absolute atomic E-state index is 0.0629. The number of ether oxygens (including phenoxy) is 2. The molecule has 0 radical (unpaired) electrons. The van der Waals surface area contributed by atoms with Gasteiger partial charge in [-0.05, 0) is 43.4 Å². The number of hydrogen-bond acceptors (Lipinski definition) is 3. The first-order chi connectivity index (χ1) is 9.25. The van der Waals surface area contributed by atoms with Crippen LogP contribution in [0.1, 0.15) is 31.2 Å². The Labute approximate surface area is 114 Å². The molecule has 1 aliphatic carbocycles. The molecule has 0 saturated heterocycles. The summed E-state index contributed by atoms with van der Waals surface area (Å²) in [5.41, 5.74) is 1.13. The lowest BCUT2D eigenvalue weighted by Gasteiger charge is -2.34. The monoisotopic (exact) mass is 262 g/mol. The summed E-state index contributed by atoms with van der Waals surface area (Å²) in [5, 5.41) is 9.38. The topological polar surface area (TPSA) is 38.7 Å². The predicted octanol–water partition coefficient (Wildman–Crippen LogP) is 3.06. The Hall–Kier alpha value is -1.48. The molecule has 0 heterocycles. The molecule has 1 aromatic rings. The molecule has 19 heavy (non-hydrogen) atoms. The first kappa shape index (κ1) is 13.9. The van der Waals surface area contributed by atoms with Gasteiger partial charge < -0.3 is 14.6 Å². The Morgan fingerprint density at radius 3 is 2.58 bits per heavy atom. The van der Waals surface area contributed by atoms with Crippen molar-refractivity contribution in [1.29, 1.82) is 0 Å². The van der Waals surface area contributed by atoms with Gasteiger partial charge >= 0.3 is 0 Å². The number of aliphatic hydroxyl groups excluding tert-OH is 1. The molecule has 1 N–H and O–H groups in total. The van der Waals surface area contributed by atoms with Crippen LogP contribution in [-0.4, -0.2) is 25.9 Å². The molecule has 0 fully saturated rings. The second kappa shape index (κ2) is 6.11. The number of rotatable bonds is 5. The normalized spacial score (nSPS) is 22.3. The standard InChI is InChI=1S/C16H22O3/c1-18-14-7-6-13(12-15(14)19-2)16(10-11-17)8-4-3-5-9-16/h4,6-8,12,17H,3,5,9-11H2,1-2H3/t16-/m1/s1. The van der Waals surface area contributed by atoms with Crippen molar-refractivity contribution in [1.82, 2.24) is 0 Å². The Morgan fingerprint density at radius 2 is 2.00 bits per heavy atom. The zero-order valence-corrected chi connectivity index (χ0v) is 11.7. The Morgan fingerprint density at radius 1 is 1.21 bits per heavy atom. The summed E-state index contributed by atoms with van der Waals surface area (Å²) >= 11 is 0. The summed E-state index contributed by atoms with van der Waals surface area (Å²) in [6.45, 7) is 0.193. The third-order valence-corrected chi connectivity index (χ3v) is 3.95. The van der Waals surface area contributed by atoms with Crippen molar-refractivity contribution in [2.24, 2.45) is 0 Å². The molecule has 0 aliphatic heterocycles. The van der Waals surface area contributed by atoms with E-state index >= 15 is 0 Å². The molecule has 0 aromatic heterocycles. The maximum atomic E-state index is 9.38. The van der Waals surface area contributed by atoms with E-state index in [0.29, 0.717) is 0 Å². The molecular weight excluding hydrogens is 240 g/mol. The van der Waals surface area contributed by atoms with E-state index in [-0.39, 0.29) is 12.0 Å². The largest absolute Gasteiger partial charge is 0.493 e. The van der Waals surface area contributed by atoms with Crippen molar-refractivity contribution in [2.75, 3.05) is 20.8 Å². The average Bonchev–Trinajstić information content (AvgIpc) is 2.47. The summed E-state index contributed by atoms with van der Waals surface area (Å²) in [4.78, 5) is 0. The molecule has 3 nitrogen and oxygen atoms in total. The van der Waals surface area contributed by atoms with Gasteiger partial charge in [0.05, 0.1) is 14.2 Å². The molecular formula is C16H22O3. The third-order valence-electron chi connectivity index (χ3n) is 3.95. The third kappa shape index (κ3) is 2.76. The summed E-state index contributed by atoms with van der Waals surface area (Å²) in [5.74, 6) is 1.49. The lowest BCUT2D eigenvalue weighted by atomic mass is 9.71. The SMILES string of the molecule is COc1ccc([C@]2(CCO)C=CCCC2)cc1OC. The van der Waals surface area contributed by atoms with Gasteiger partial charge in [-0.15, -0.1) is 0 Å². The Kier molecular flexibility index (Phi) is 4.48. The van der Waals surface area contributed by atoms with Crippen LogP contribution in [0, 0.1) is 0 Å². The van der Waals surface area contributed by atoms with Crippen molar-refractivity contribution in [2.45, 2.75) is 31.1 Å². The van der Waals surface area contributed by atoms with Crippen molar-refractivity contribution in [3.63, 3.8) is 0 Å². The summed E-state index contributed by atoms with van der Waals surface area (Å²) in [6, 6.07) is 6.05. The summed E-state index contributed by atoms with van der Waals surface area (Å²) in [6.07, 6.45) is 8.56. The number of aliphatic hydroxyl groups is 1. The van der Waals surface area contributed by atoms with Crippen LogP contribution in [0.3, 0.4) is 0 Å². The molecule has 0 unspecified atom stereocenters. The highest BCUT2D eigenvalue weighted by atomic mass is 16.5. The average molecular weight is 262 g/mol. The highest BCUT2D eigenvalue weighted by molar-refractivity contribution is 5.47. The zero-order valence-electron chi connectivity index (χ0n) is 11.7. The molecule has 0 saturated carbocycles. The van der Waals surface area contributed by atoms with Gasteiger partial charge in [-0.2, -0.15) is 0 Å². The van der Waals surface area contributed by atoms with Crippen LogP contribution in [0.5, 0.6) is 11.5 Å². The van der Waals surface area contributed by atoms with Crippen LogP contribution in [0.2, 0.25) is 0 Å². The van der Waals surface area contributed by atoms with Crippen LogP contribution in [-0.2, 0) is 5.41 Å². The first-order valence-corrected chi connectivity index (χ1v) is 6.77. The molecule has 2 rings (SSSR count). The van der Waals surface area contributed by atoms with E-state index in [1.165, 1.54) is 5.56 Å².